The Morgan fingerprint density at radius 3 is 2.51 bits per heavy atom. The molecule has 6 N–H and O–H groups in total. The van der Waals surface area contributed by atoms with Crippen LogP contribution in [0.5, 0.6) is 0 Å². The van der Waals surface area contributed by atoms with E-state index < -0.39 is 17.7 Å². The van der Waals surface area contributed by atoms with Gasteiger partial charge in [0.25, 0.3) is 23.6 Å². The van der Waals surface area contributed by atoms with Gasteiger partial charge >= 0.3 is 0 Å². The number of benzene rings is 3. The normalized spacial score (nSPS) is 12.3. The Bertz CT molecular complexity index is 1510. The summed E-state index contributed by atoms with van der Waals surface area (Å²) in [6.45, 7) is 0.879. The lowest BCUT2D eigenvalue weighted by molar-refractivity contribution is 0.0877. The van der Waals surface area contributed by atoms with Crippen LogP contribution < -0.4 is 21.7 Å². The van der Waals surface area contributed by atoms with Crippen molar-refractivity contribution in [2.24, 2.45) is 5.73 Å². The third kappa shape index (κ3) is 4.23. The number of halogens is 1. The van der Waals surface area contributed by atoms with E-state index in [1.807, 2.05) is 24.3 Å². The molecule has 2 heterocycles. The van der Waals surface area contributed by atoms with Crippen LogP contribution in [0.1, 0.15) is 47.0 Å². The second-order valence-corrected chi connectivity index (χ2v) is 7.98. The quantitative estimate of drug-likeness (QED) is 0.262. The summed E-state index contributed by atoms with van der Waals surface area (Å²) < 4.78 is 0. The van der Waals surface area contributed by atoms with Gasteiger partial charge in [-0.05, 0) is 29.8 Å². The van der Waals surface area contributed by atoms with Gasteiger partial charge in [-0.2, -0.15) is 0 Å². The molecule has 5 rings (SSSR count). The number of imide groups is 1. The standard InChI is InChI=1S/C25H21N5O4.ClH/c26-8-9-27-22(31)14-5-3-4-13(10-14)12-28-23(32)17-11-16-20(25(34)30-24(16)33)19-15-6-1-2-7-18(15)29-21(17)19;/h1-7,10-11,29H,8-9,12,26H2,(H,27,31)(H,28,32)(H,30,33,34);1H. The molecule has 4 amide bonds. The van der Waals surface area contributed by atoms with Crippen molar-refractivity contribution in [3.63, 3.8) is 0 Å². The van der Waals surface area contributed by atoms with E-state index in [1.54, 1.807) is 24.3 Å². The number of carbonyl (C=O) groups is 4. The predicted octanol–water partition coefficient (Wildman–Crippen LogP) is 2.25. The maximum absolute atomic E-state index is 13.2. The largest absolute Gasteiger partial charge is 0.354 e. The van der Waals surface area contributed by atoms with Crippen LogP contribution >= 0.6 is 12.4 Å². The highest BCUT2D eigenvalue weighted by molar-refractivity contribution is 6.32. The number of nitrogens with one attached hydrogen (secondary N) is 4. The molecule has 0 unspecified atom stereocenters. The molecule has 1 aliphatic heterocycles. The maximum atomic E-state index is 13.2. The van der Waals surface area contributed by atoms with E-state index in [0.717, 1.165) is 16.5 Å². The lowest BCUT2D eigenvalue weighted by atomic mass is 9.98. The van der Waals surface area contributed by atoms with Gasteiger partial charge < -0.3 is 21.4 Å². The molecule has 9 nitrogen and oxygen atoms in total. The SMILES string of the molecule is Cl.NCCNC(=O)c1cccc(CNC(=O)c2cc3c(c4c2[nH]c2ccccc24)C(=O)NC3=O)c1. The third-order valence-electron chi connectivity index (χ3n) is 5.80. The van der Waals surface area contributed by atoms with Crippen LogP contribution in [0.15, 0.2) is 54.6 Å². The van der Waals surface area contributed by atoms with Crippen LogP contribution in [0.3, 0.4) is 0 Å². The smallest absolute Gasteiger partial charge is 0.259 e. The molecule has 10 heteroatoms. The van der Waals surface area contributed by atoms with Gasteiger partial charge in [0.2, 0.25) is 0 Å². The van der Waals surface area contributed by atoms with E-state index in [0.29, 0.717) is 29.6 Å². The molecule has 0 bridgehead atoms. The van der Waals surface area contributed by atoms with E-state index in [9.17, 15) is 19.2 Å². The summed E-state index contributed by atoms with van der Waals surface area (Å²) in [7, 11) is 0. The number of amides is 4. The molecule has 0 saturated heterocycles. The number of aromatic nitrogens is 1. The summed E-state index contributed by atoms with van der Waals surface area (Å²) in [5.74, 6) is -1.67. The zero-order valence-electron chi connectivity index (χ0n) is 18.4. The Morgan fingerprint density at radius 1 is 0.914 bits per heavy atom. The van der Waals surface area contributed by atoms with Crippen molar-refractivity contribution in [2.75, 3.05) is 13.1 Å². The first-order valence-electron chi connectivity index (χ1n) is 10.8. The molecule has 3 aromatic carbocycles. The van der Waals surface area contributed by atoms with E-state index in [-0.39, 0.29) is 41.5 Å². The van der Waals surface area contributed by atoms with Crippen LogP contribution in [0.25, 0.3) is 21.8 Å². The van der Waals surface area contributed by atoms with E-state index in [4.69, 9.17) is 5.73 Å². The molecule has 0 saturated carbocycles. The van der Waals surface area contributed by atoms with Crippen molar-refractivity contribution in [1.82, 2.24) is 20.9 Å². The summed E-state index contributed by atoms with van der Waals surface area (Å²) >= 11 is 0. The fourth-order valence-corrected chi connectivity index (χ4v) is 4.24. The monoisotopic (exact) mass is 491 g/mol. The lowest BCUT2D eigenvalue weighted by Gasteiger charge is -2.10. The average molecular weight is 492 g/mol. The molecule has 0 spiro atoms. The van der Waals surface area contributed by atoms with Gasteiger partial charge in [0, 0.05) is 41.5 Å². The van der Waals surface area contributed by atoms with Crippen LogP contribution in [0.4, 0.5) is 0 Å². The summed E-state index contributed by atoms with van der Waals surface area (Å²) in [5, 5.41) is 9.17. The molecular weight excluding hydrogens is 470 g/mol. The lowest BCUT2D eigenvalue weighted by Crippen LogP contribution is -2.29. The molecule has 1 aliphatic rings. The number of hydrogen-bond acceptors (Lipinski definition) is 5. The molecule has 178 valence electrons. The fourth-order valence-electron chi connectivity index (χ4n) is 4.24. The Morgan fingerprint density at radius 2 is 1.71 bits per heavy atom. The summed E-state index contributed by atoms with van der Waals surface area (Å²) in [5.41, 5.74) is 8.56. The van der Waals surface area contributed by atoms with E-state index >= 15 is 0 Å². The highest BCUT2D eigenvalue weighted by Crippen LogP contribution is 2.35. The molecule has 0 aliphatic carbocycles. The Hall–Kier alpha value is -4.21. The first kappa shape index (κ1) is 23.9. The molecule has 0 radical (unpaired) electrons. The molecule has 4 aromatic rings. The molecule has 0 fully saturated rings. The molecule has 1 aromatic heterocycles. The summed E-state index contributed by atoms with van der Waals surface area (Å²) in [6, 6.07) is 15.7. The summed E-state index contributed by atoms with van der Waals surface area (Å²) in [6.07, 6.45) is 0. The minimum Gasteiger partial charge on any atom is -0.354 e. The molecule has 35 heavy (non-hydrogen) atoms. The van der Waals surface area contributed by atoms with Crippen LogP contribution in [0.2, 0.25) is 0 Å². The Balaban J connectivity index is 0.00000289. The van der Waals surface area contributed by atoms with Gasteiger partial charge in [0.05, 0.1) is 22.2 Å². The fraction of sp³-hybridized carbons (Fsp3) is 0.120. The number of fused-ring (bicyclic) bond motifs is 5. The van der Waals surface area contributed by atoms with Gasteiger partial charge in [-0.3, -0.25) is 24.5 Å². The van der Waals surface area contributed by atoms with Crippen LogP contribution in [-0.4, -0.2) is 41.7 Å². The van der Waals surface area contributed by atoms with Crippen LogP contribution in [-0.2, 0) is 6.54 Å². The second-order valence-electron chi connectivity index (χ2n) is 7.98. The van der Waals surface area contributed by atoms with Gasteiger partial charge in [0.1, 0.15) is 0 Å². The van der Waals surface area contributed by atoms with E-state index in [2.05, 4.69) is 20.9 Å². The topological polar surface area (TPSA) is 146 Å². The maximum Gasteiger partial charge on any atom is 0.259 e. The van der Waals surface area contributed by atoms with Crippen molar-refractivity contribution >= 4 is 57.8 Å². The summed E-state index contributed by atoms with van der Waals surface area (Å²) in [4.78, 5) is 53.5. The number of nitrogens with two attached hydrogens (primary N) is 1. The van der Waals surface area contributed by atoms with Crippen molar-refractivity contribution in [1.29, 1.82) is 0 Å². The van der Waals surface area contributed by atoms with Crippen LogP contribution in [0, 0.1) is 0 Å². The minimum atomic E-state index is -0.530. The van der Waals surface area contributed by atoms with Gasteiger partial charge in [-0.25, -0.2) is 0 Å². The number of para-hydroxylation sites is 1. The number of carbonyl (C=O) groups excluding carboxylic acids is 4. The highest BCUT2D eigenvalue weighted by Gasteiger charge is 2.32. The number of hydrogen-bond donors (Lipinski definition) is 5. The zero-order valence-corrected chi connectivity index (χ0v) is 19.3. The van der Waals surface area contributed by atoms with Crippen molar-refractivity contribution < 1.29 is 19.2 Å². The Labute approximate surface area is 205 Å². The first-order chi connectivity index (χ1) is 16.5. The molecular formula is C25H22ClN5O4. The minimum absolute atomic E-state index is 0. The van der Waals surface area contributed by atoms with Crippen molar-refractivity contribution in [2.45, 2.75) is 6.54 Å². The third-order valence-corrected chi connectivity index (χ3v) is 5.80. The average Bonchev–Trinajstić information content (AvgIpc) is 3.37. The predicted molar refractivity (Wildman–Crippen MR) is 134 cm³/mol. The molecule has 0 atom stereocenters. The zero-order chi connectivity index (χ0) is 23.8. The van der Waals surface area contributed by atoms with Gasteiger partial charge in [-0.15, -0.1) is 12.4 Å². The number of aromatic amines is 1. The van der Waals surface area contributed by atoms with Crippen molar-refractivity contribution in [3.8, 4) is 0 Å². The first-order valence-corrected chi connectivity index (χ1v) is 10.8. The van der Waals surface area contributed by atoms with Crippen molar-refractivity contribution in [3.05, 3.63) is 82.4 Å². The number of H-pyrrole nitrogens is 1. The highest BCUT2D eigenvalue weighted by atomic mass is 35.5. The van der Waals surface area contributed by atoms with E-state index in [1.165, 1.54) is 6.07 Å². The van der Waals surface area contributed by atoms with Gasteiger partial charge in [-0.1, -0.05) is 30.3 Å². The Kier molecular flexibility index (Phi) is 6.54. The second kappa shape index (κ2) is 9.57. The number of rotatable bonds is 6. The van der Waals surface area contributed by atoms with Gasteiger partial charge in [0.15, 0.2) is 0 Å².